The molecule has 2 bridgehead atoms. The van der Waals surface area contributed by atoms with Crippen LogP contribution in [-0.4, -0.2) is 35.0 Å². The van der Waals surface area contributed by atoms with Gasteiger partial charge in [-0.2, -0.15) is 0 Å². The molecule has 0 saturated carbocycles. The summed E-state index contributed by atoms with van der Waals surface area (Å²) in [7, 11) is 0. The Balaban J connectivity index is 1.36. The van der Waals surface area contributed by atoms with E-state index in [1.807, 2.05) is 16.7 Å². The molecule has 1 amide bonds. The van der Waals surface area contributed by atoms with Crippen LogP contribution in [0.5, 0.6) is 0 Å². The number of carbonyl (C=O) groups is 1. The van der Waals surface area contributed by atoms with Crippen LogP contribution in [0.4, 0.5) is 4.39 Å². The Morgan fingerprint density at radius 2 is 1.92 bits per heavy atom. The van der Waals surface area contributed by atoms with Crippen LogP contribution in [0.15, 0.2) is 47.3 Å². The number of amides is 1. The molecule has 136 valence electrons. The summed E-state index contributed by atoms with van der Waals surface area (Å²) in [5, 5.41) is 2.90. The van der Waals surface area contributed by atoms with Crippen molar-refractivity contribution in [3.05, 3.63) is 69.9 Å². The molecule has 4 rings (SSSR count). The first kappa shape index (κ1) is 17.0. The Kier molecular flexibility index (Phi) is 4.59. The molecule has 2 aliphatic rings. The zero-order chi connectivity index (χ0) is 18.1. The third-order valence-electron chi connectivity index (χ3n) is 5.33. The van der Waals surface area contributed by atoms with E-state index in [-0.39, 0.29) is 17.3 Å². The minimum Gasteiger partial charge on any atom is -0.351 e. The summed E-state index contributed by atoms with van der Waals surface area (Å²) in [5.74, 6) is 0.409. The van der Waals surface area contributed by atoms with Crippen molar-refractivity contribution >= 4 is 5.91 Å². The van der Waals surface area contributed by atoms with E-state index >= 15 is 0 Å². The van der Waals surface area contributed by atoms with Crippen molar-refractivity contribution in [1.29, 1.82) is 0 Å². The SMILES string of the molecule is O=C(CN1C[C@H]2C[C@@H](C1)c1cccc(=O)n1C2)NCc1ccc(F)cc1. The number of hydrogen-bond acceptors (Lipinski definition) is 3. The summed E-state index contributed by atoms with van der Waals surface area (Å²) in [4.78, 5) is 26.5. The highest BCUT2D eigenvalue weighted by molar-refractivity contribution is 5.78. The van der Waals surface area contributed by atoms with Gasteiger partial charge in [-0.25, -0.2) is 4.39 Å². The maximum absolute atomic E-state index is 12.9. The van der Waals surface area contributed by atoms with Gasteiger partial charge in [-0.15, -0.1) is 0 Å². The first-order valence-corrected chi connectivity index (χ1v) is 9.02. The van der Waals surface area contributed by atoms with E-state index in [0.29, 0.717) is 24.9 Å². The van der Waals surface area contributed by atoms with Crippen LogP contribution >= 0.6 is 0 Å². The van der Waals surface area contributed by atoms with Gasteiger partial charge in [0.15, 0.2) is 0 Å². The summed E-state index contributed by atoms with van der Waals surface area (Å²) in [6.45, 7) is 3.12. The number of fused-ring (bicyclic) bond motifs is 4. The first-order chi connectivity index (χ1) is 12.6. The van der Waals surface area contributed by atoms with Gasteiger partial charge >= 0.3 is 0 Å². The number of aromatic nitrogens is 1. The van der Waals surface area contributed by atoms with Crippen LogP contribution in [-0.2, 0) is 17.9 Å². The lowest BCUT2D eigenvalue weighted by Crippen LogP contribution is -2.49. The number of pyridine rings is 1. The second kappa shape index (κ2) is 7.03. The van der Waals surface area contributed by atoms with Crippen LogP contribution < -0.4 is 10.9 Å². The fourth-order valence-corrected chi connectivity index (χ4v) is 4.19. The van der Waals surface area contributed by atoms with Crippen LogP contribution in [0.25, 0.3) is 0 Å². The van der Waals surface area contributed by atoms with Gasteiger partial charge in [0.1, 0.15) is 5.82 Å². The molecule has 0 spiro atoms. The number of benzene rings is 1. The molecule has 3 heterocycles. The smallest absolute Gasteiger partial charge is 0.250 e. The average molecular weight is 355 g/mol. The molecule has 1 fully saturated rings. The van der Waals surface area contributed by atoms with Gasteiger partial charge in [-0.3, -0.25) is 14.5 Å². The molecule has 0 unspecified atom stereocenters. The average Bonchev–Trinajstić information content (AvgIpc) is 2.62. The maximum atomic E-state index is 12.9. The van der Waals surface area contributed by atoms with E-state index in [4.69, 9.17) is 0 Å². The molecule has 2 aliphatic heterocycles. The van der Waals surface area contributed by atoms with Gasteiger partial charge in [-0.05, 0) is 36.1 Å². The van der Waals surface area contributed by atoms with Crippen molar-refractivity contribution in [2.24, 2.45) is 5.92 Å². The summed E-state index contributed by atoms with van der Waals surface area (Å²) >= 11 is 0. The second-order valence-electron chi connectivity index (χ2n) is 7.30. The van der Waals surface area contributed by atoms with Gasteiger partial charge in [0.05, 0.1) is 6.54 Å². The summed E-state index contributed by atoms with van der Waals surface area (Å²) < 4.78 is 14.8. The van der Waals surface area contributed by atoms with Gasteiger partial charge in [-0.1, -0.05) is 18.2 Å². The van der Waals surface area contributed by atoms with E-state index in [1.165, 1.54) is 12.1 Å². The highest BCUT2D eigenvalue weighted by atomic mass is 19.1. The van der Waals surface area contributed by atoms with Crippen molar-refractivity contribution < 1.29 is 9.18 Å². The van der Waals surface area contributed by atoms with Gasteiger partial charge in [0.2, 0.25) is 5.91 Å². The number of likely N-dealkylation sites (tertiary alicyclic amines) is 1. The molecule has 2 aromatic rings. The van der Waals surface area contributed by atoms with E-state index in [0.717, 1.165) is 37.3 Å². The highest BCUT2D eigenvalue weighted by Gasteiger charge is 2.34. The van der Waals surface area contributed by atoms with Crippen molar-refractivity contribution in [2.75, 3.05) is 19.6 Å². The number of piperidine rings is 1. The predicted octanol–water partition coefficient (Wildman–Crippen LogP) is 1.72. The fraction of sp³-hybridized carbons (Fsp3) is 0.400. The molecule has 5 nitrogen and oxygen atoms in total. The third kappa shape index (κ3) is 3.55. The third-order valence-corrected chi connectivity index (χ3v) is 5.33. The van der Waals surface area contributed by atoms with Crippen LogP contribution in [0, 0.1) is 11.7 Å². The standard InChI is InChI=1S/C20H22FN3O2/c21-17-6-4-14(5-7-17)9-22-19(25)13-23-10-15-8-16(12-23)18-2-1-3-20(26)24(18)11-15/h1-7,15-16H,8-13H2,(H,22,25)/t15-,16+/m1/s1. The Hall–Kier alpha value is -2.47. The largest absolute Gasteiger partial charge is 0.351 e. The quantitative estimate of drug-likeness (QED) is 0.909. The molecule has 1 saturated heterocycles. The lowest BCUT2D eigenvalue weighted by molar-refractivity contribution is -0.123. The number of hydrogen-bond donors (Lipinski definition) is 1. The van der Waals surface area contributed by atoms with E-state index < -0.39 is 0 Å². The molecule has 1 aromatic heterocycles. The number of halogens is 1. The normalized spacial score (nSPS) is 21.9. The molecule has 0 radical (unpaired) electrons. The monoisotopic (exact) mass is 355 g/mol. The molecular weight excluding hydrogens is 333 g/mol. The zero-order valence-electron chi connectivity index (χ0n) is 14.5. The second-order valence-corrected chi connectivity index (χ2v) is 7.30. The Labute approximate surface area is 151 Å². The van der Waals surface area contributed by atoms with E-state index in [2.05, 4.69) is 10.2 Å². The maximum Gasteiger partial charge on any atom is 0.250 e. The first-order valence-electron chi connectivity index (χ1n) is 9.02. The van der Waals surface area contributed by atoms with E-state index in [1.54, 1.807) is 18.2 Å². The van der Waals surface area contributed by atoms with Gasteiger partial charge < -0.3 is 9.88 Å². The fourth-order valence-electron chi connectivity index (χ4n) is 4.19. The molecule has 1 N–H and O–H groups in total. The summed E-state index contributed by atoms with van der Waals surface area (Å²) in [5.41, 5.74) is 2.04. The molecular formula is C20H22FN3O2. The minimum absolute atomic E-state index is 0.0280. The summed E-state index contributed by atoms with van der Waals surface area (Å²) in [6.07, 6.45) is 1.08. The lowest BCUT2D eigenvalue weighted by Gasteiger charge is -2.42. The van der Waals surface area contributed by atoms with Crippen LogP contribution in [0.1, 0.15) is 23.6 Å². The lowest BCUT2D eigenvalue weighted by atomic mass is 9.83. The van der Waals surface area contributed by atoms with Gasteiger partial charge in [0, 0.05) is 43.9 Å². The number of nitrogens with one attached hydrogen (secondary N) is 1. The molecule has 6 heteroatoms. The molecule has 0 aliphatic carbocycles. The Morgan fingerprint density at radius 1 is 1.12 bits per heavy atom. The topological polar surface area (TPSA) is 54.3 Å². The van der Waals surface area contributed by atoms with E-state index in [9.17, 15) is 14.0 Å². The number of nitrogens with zero attached hydrogens (tertiary/aromatic N) is 2. The minimum atomic E-state index is -0.278. The number of carbonyl (C=O) groups excluding carboxylic acids is 1. The van der Waals surface area contributed by atoms with Gasteiger partial charge in [0.25, 0.3) is 5.56 Å². The predicted molar refractivity (Wildman–Crippen MR) is 96.2 cm³/mol. The molecule has 2 atom stereocenters. The van der Waals surface area contributed by atoms with Crippen molar-refractivity contribution in [1.82, 2.24) is 14.8 Å². The van der Waals surface area contributed by atoms with Crippen molar-refractivity contribution in [3.63, 3.8) is 0 Å². The molecule has 1 aromatic carbocycles. The zero-order valence-corrected chi connectivity index (χ0v) is 14.5. The highest BCUT2D eigenvalue weighted by Crippen LogP contribution is 2.34. The van der Waals surface area contributed by atoms with Crippen molar-refractivity contribution in [2.45, 2.75) is 25.4 Å². The Morgan fingerprint density at radius 3 is 2.73 bits per heavy atom. The molecule has 26 heavy (non-hydrogen) atoms. The van der Waals surface area contributed by atoms with Crippen LogP contribution in [0.3, 0.4) is 0 Å². The van der Waals surface area contributed by atoms with Crippen molar-refractivity contribution in [3.8, 4) is 0 Å². The Bertz CT molecular complexity index is 862. The van der Waals surface area contributed by atoms with Crippen LogP contribution in [0.2, 0.25) is 0 Å². The summed E-state index contributed by atoms with van der Waals surface area (Å²) in [6, 6.07) is 11.6. The number of rotatable bonds is 4.